The summed E-state index contributed by atoms with van der Waals surface area (Å²) in [5.41, 5.74) is 0.0345. The maximum absolute atomic E-state index is 13.6. The molecule has 6 heteroatoms. The van der Waals surface area contributed by atoms with Crippen LogP contribution in [0.3, 0.4) is 0 Å². The molecule has 0 aliphatic heterocycles. The van der Waals surface area contributed by atoms with Crippen molar-refractivity contribution in [2.75, 3.05) is 5.32 Å². The average molecular weight is 331 g/mol. The van der Waals surface area contributed by atoms with Crippen molar-refractivity contribution < 1.29 is 9.18 Å². The maximum Gasteiger partial charge on any atom is 0.261 e. The fraction of sp³-hybridized carbons (Fsp3) is 0.0588. The summed E-state index contributed by atoms with van der Waals surface area (Å²) in [7, 11) is 1.69. The Labute approximate surface area is 136 Å². The van der Waals surface area contributed by atoms with Crippen LogP contribution in [0.25, 0.3) is 10.9 Å². The minimum absolute atomic E-state index is 0.0192. The molecule has 0 bridgehead atoms. The lowest BCUT2D eigenvalue weighted by molar-refractivity contribution is 0.102. The van der Waals surface area contributed by atoms with Crippen LogP contribution in [0.15, 0.2) is 53.5 Å². The first-order valence-electron chi connectivity index (χ1n) is 6.83. The van der Waals surface area contributed by atoms with E-state index in [4.69, 9.17) is 11.6 Å². The van der Waals surface area contributed by atoms with Gasteiger partial charge in [-0.05, 0) is 24.3 Å². The first-order valence-corrected chi connectivity index (χ1v) is 7.20. The molecule has 1 amide bonds. The molecule has 0 fully saturated rings. The van der Waals surface area contributed by atoms with Crippen LogP contribution in [0.4, 0.5) is 10.1 Å². The van der Waals surface area contributed by atoms with E-state index in [1.807, 2.05) is 0 Å². The van der Waals surface area contributed by atoms with Gasteiger partial charge in [0.2, 0.25) is 5.43 Å². The Bertz CT molecular complexity index is 982. The number of aromatic nitrogens is 1. The highest BCUT2D eigenvalue weighted by Crippen LogP contribution is 2.21. The maximum atomic E-state index is 13.6. The second-order valence-electron chi connectivity index (χ2n) is 5.05. The number of carbonyl (C=O) groups is 1. The summed E-state index contributed by atoms with van der Waals surface area (Å²) in [5.74, 6) is -1.24. The van der Waals surface area contributed by atoms with Gasteiger partial charge in [0.25, 0.3) is 5.91 Å². The zero-order chi connectivity index (χ0) is 16.6. The zero-order valence-electron chi connectivity index (χ0n) is 12.1. The standard InChI is InChI=1S/C17H12ClFN2O2/c1-21-9-11(16(22)10-5-4-6-12(18)15(10)21)17(23)20-14-8-3-2-7-13(14)19/h2-9H,1H3,(H,20,23). The smallest absolute Gasteiger partial charge is 0.261 e. The van der Waals surface area contributed by atoms with Crippen molar-refractivity contribution in [2.24, 2.45) is 7.05 Å². The molecule has 0 unspecified atom stereocenters. The van der Waals surface area contributed by atoms with E-state index in [0.717, 1.165) is 0 Å². The van der Waals surface area contributed by atoms with E-state index >= 15 is 0 Å². The lowest BCUT2D eigenvalue weighted by Crippen LogP contribution is -2.23. The van der Waals surface area contributed by atoms with E-state index in [0.29, 0.717) is 15.9 Å². The number of anilines is 1. The van der Waals surface area contributed by atoms with Crippen molar-refractivity contribution >= 4 is 34.1 Å². The second kappa shape index (κ2) is 5.85. The highest BCUT2D eigenvalue weighted by molar-refractivity contribution is 6.35. The van der Waals surface area contributed by atoms with Crippen LogP contribution in [0.1, 0.15) is 10.4 Å². The number of fused-ring (bicyclic) bond motifs is 1. The Hall–Kier alpha value is -2.66. The van der Waals surface area contributed by atoms with E-state index in [-0.39, 0.29) is 11.3 Å². The van der Waals surface area contributed by atoms with E-state index in [9.17, 15) is 14.0 Å². The van der Waals surface area contributed by atoms with Crippen LogP contribution in [-0.2, 0) is 7.05 Å². The molecular weight excluding hydrogens is 319 g/mol. The van der Waals surface area contributed by atoms with Gasteiger partial charge in [0, 0.05) is 18.6 Å². The molecule has 3 rings (SSSR count). The Kier molecular flexibility index (Phi) is 3.88. The van der Waals surface area contributed by atoms with Crippen LogP contribution < -0.4 is 10.7 Å². The summed E-state index contributed by atoms with van der Waals surface area (Å²) in [6, 6.07) is 10.7. The van der Waals surface area contributed by atoms with Gasteiger partial charge in [-0.25, -0.2) is 4.39 Å². The van der Waals surface area contributed by atoms with Crippen molar-refractivity contribution in [1.29, 1.82) is 0 Å². The Morgan fingerprint density at radius 3 is 2.65 bits per heavy atom. The van der Waals surface area contributed by atoms with Crippen molar-refractivity contribution in [3.8, 4) is 0 Å². The molecule has 2 aromatic carbocycles. The first-order chi connectivity index (χ1) is 11.0. The average Bonchev–Trinajstić information content (AvgIpc) is 2.52. The van der Waals surface area contributed by atoms with Gasteiger partial charge in [0.15, 0.2) is 0 Å². The molecule has 23 heavy (non-hydrogen) atoms. The van der Waals surface area contributed by atoms with Gasteiger partial charge in [-0.3, -0.25) is 9.59 Å². The van der Waals surface area contributed by atoms with Gasteiger partial charge in [0.1, 0.15) is 11.4 Å². The van der Waals surface area contributed by atoms with Crippen LogP contribution in [0.2, 0.25) is 5.02 Å². The predicted molar refractivity (Wildman–Crippen MR) is 88.6 cm³/mol. The number of amides is 1. The van der Waals surface area contributed by atoms with Gasteiger partial charge in [-0.1, -0.05) is 29.8 Å². The topological polar surface area (TPSA) is 51.1 Å². The second-order valence-corrected chi connectivity index (χ2v) is 5.46. The molecule has 1 N–H and O–H groups in total. The number of hydrogen-bond acceptors (Lipinski definition) is 2. The monoisotopic (exact) mass is 330 g/mol. The van der Waals surface area contributed by atoms with Crippen molar-refractivity contribution in [3.05, 3.63) is 75.3 Å². The van der Waals surface area contributed by atoms with E-state index in [1.54, 1.807) is 35.9 Å². The molecule has 3 aromatic rings. The van der Waals surface area contributed by atoms with E-state index in [1.165, 1.54) is 24.4 Å². The number of para-hydroxylation sites is 2. The van der Waals surface area contributed by atoms with Gasteiger partial charge in [-0.15, -0.1) is 0 Å². The Balaban J connectivity index is 2.10. The zero-order valence-corrected chi connectivity index (χ0v) is 12.9. The van der Waals surface area contributed by atoms with Crippen molar-refractivity contribution in [2.45, 2.75) is 0 Å². The van der Waals surface area contributed by atoms with Crippen LogP contribution in [0, 0.1) is 5.82 Å². The summed E-state index contributed by atoms with van der Waals surface area (Å²) in [6.45, 7) is 0. The molecule has 0 spiro atoms. The number of benzene rings is 2. The summed E-state index contributed by atoms with van der Waals surface area (Å²) in [5, 5.41) is 3.17. The molecule has 1 aromatic heterocycles. The molecule has 0 aliphatic carbocycles. The molecule has 0 radical (unpaired) electrons. The molecule has 0 aliphatic rings. The summed E-state index contributed by atoms with van der Waals surface area (Å²) >= 11 is 6.11. The number of rotatable bonds is 2. The SMILES string of the molecule is Cn1cc(C(=O)Nc2ccccc2F)c(=O)c2cccc(Cl)c21. The minimum atomic E-state index is -0.669. The third-order valence-electron chi connectivity index (χ3n) is 3.52. The number of aryl methyl sites for hydroxylation is 1. The molecule has 0 atom stereocenters. The summed E-state index contributed by atoms with van der Waals surface area (Å²) in [6.07, 6.45) is 1.40. The highest BCUT2D eigenvalue weighted by Gasteiger charge is 2.16. The lowest BCUT2D eigenvalue weighted by atomic mass is 10.1. The molecular formula is C17H12ClFN2O2. The van der Waals surface area contributed by atoms with Crippen LogP contribution in [-0.4, -0.2) is 10.5 Å². The van der Waals surface area contributed by atoms with Crippen molar-refractivity contribution in [3.63, 3.8) is 0 Å². The third kappa shape index (κ3) is 2.71. The van der Waals surface area contributed by atoms with Gasteiger partial charge >= 0.3 is 0 Å². The number of nitrogens with one attached hydrogen (secondary N) is 1. The normalized spacial score (nSPS) is 10.7. The van der Waals surface area contributed by atoms with E-state index in [2.05, 4.69) is 5.32 Å². The van der Waals surface area contributed by atoms with Gasteiger partial charge in [-0.2, -0.15) is 0 Å². The molecule has 0 saturated carbocycles. The minimum Gasteiger partial charge on any atom is -0.348 e. The fourth-order valence-corrected chi connectivity index (χ4v) is 2.74. The number of carbonyl (C=O) groups excluding carboxylic acids is 1. The number of pyridine rings is 1. The molecule has 1 heterocycles. The first kappa shape index (κ1) is 15.2. The Morgan fingerprint density at radius 1 is 1.17 bits per heavy atom. The fourth-order valence-electron chi connectivity index (χ4n) is 2.43. The summed E-state index contributed by atoms with van der Waals surface area (Å²) in [4.78, 5) is 24.9. The number of hydrogen-bond donors (Lipinski definition) is 1. The van der Waals surface area contributed by atoms with Crippen LogP contribution >= 0.6 is 11.6 Å². The molecule has 116 valence electrons. The van der Waals surface area contributed by atoms with E-state index < -0.39 is 17.2 Å². The Morgan fingerprint density at radius 2 is 1.91 bits per heavy atom. The van der Waals surface area contributed by atoms with Crippen LogP contribution in [0.5, 0.6) is 0 Å². The lowest BCUT2D eigenvalue weighted by Gasteiger charge is -2.11. The highest BCUT2D eigenvalue weighted by atomic mass is 35.5. The molecule has 0 saturated heterocycles. The third-order valence-corrected chi connectivity index (χ3v) is 3.82. The van der Waals surface area contributed by atoms with Gasteiger partial charge in [0.05, 0.1) is 16.2 Å². The van der Waals surface area contributed by atoms with Gasteiger partial charge < -0.3 is 9.88 Å². The number of halogens is 2. The van der Waals surface area contributed by atoms with Crippen molar-refractivity contribution in [1.82, 2.24) is 4.57 Å². The molecule has 4 nitrogen and oxygen atoms in total. The predicted octanol–water partition coefficient (Wildman–Crippen LogP) is 3.58. The summed E-state index contributed by atoms with van der Waals surface area (Å²) < 4.78 is 15.2. The number of nitrogens with zero attached hydrogens (tertiary/aromatic N) is 1. The quantitative estimate of drug-likeness (QED) is 0.780. The largest absolute Gasteiger partial charge is 0.348 e.